The van der Waals surface area contributed by atoms with E-state index in [0.29, 0.717) is 0 Å². The second-order valence-electron chi connectivity index (χ2n) is 5.69. The van der Waals surface area contributed by atoms with Crippen molar-refractivity contribution >= 4 is 5.71 Å². The molecule has 0 saturated heterocycles. The summed E-state index contributed by atoms with van der Waals surface area (Å²) in [4.78, 5) is 4.65. The molecule has 1 N–H and O–H groups in total. The number of fused-ring (bicyclic) bond motifs is 3. The van der Waals surface area contributed by atoms with Crippen molar-refractivity contribution in [2.75, 3.05) is 6.54 Å². The molecule has 1 aliphatic carbocycles. The molecule has 2 aromatic rings. The molecule has 0 saturated carbocycles. The van der Waals surface area contributed by atoms with Gasteiger partial charge in [0.05, 0.1) is 5.71 Å². The van der Waals surface area contributed by atoms with Gasteiger partial charge < -0.3 is 5.11 Å². The van der Waals surface area contributed by atoms with Crippen LogP contribution in [-0.2, 0) is 0 Å². The second kappa shape index (κ2) is 4.29. The fraction of sp³-hybridized carbons (Fsp3) is 0.278. The lowest BCUT2D eigenvalue weighted by molar-refractivity contribution is 0.0848. The van der Waals surface area contributed by atoms with Crippen LogP contribution in [0.2, 0.25) is 0 Å². The van der Waals surface area contributed by atoms with Crippen LogP contribution in [0.3, 0.4) is 0 Å². The lowest BCUT2D eigenvalue weighted by Crippen LogP contribution is -2.42. The molecule has 0 unspecified atom stereocenters. The number of rotatable bonds is 1. The smallest absolute Gasteiger partial charge is 0.118 e. The van der Waals surface area contributed by atoms with Crippen molar-refractivity contribution < 1.29 is 5.11 Å². The molecule has 0 fully saturated rings. The Morgan fingerprint density at radius 1 is 1.00 bits per heavy atom. The maximum Gasteiger partial charge on any atom is 0.118 e. The number of nitrogens with zero attached hydrogens (tertiary/aromatic N) is 1. The lowest BCUT2D eigenvalue weighted by Gasteiger charge is -2.33. The van der Waals surface area contributed by atoms with Crippen LogP contribution in [0.4, 0.5) is 0 Å². The number of hydrogen-bond donors (Lipinski definition) is 1. The summed E-state index contributed by atoms with van der Waals surface area (Å²) in [6.07, 6.45) is 1.75. The summed E-state index contributed by atoms with van der Waals surface area (Å²) in [6.45, 7) is 0.827. The standard InChI is InChI=1S/C18H17NO/c20-18-11-6-12-19-17(18)15-10-5-4-9-14(15)16(18)13-7-2-1-3-8-13/h1-5,7-10,16,20H,6,11-12H2/t16-,18+/m0/s1. The molecule has 0 aromatic heterocycles. The summed E-state index contributed by atoms with van der Waals surface area (Å²) in [5, 5.41) is 11.3. The quantitative estimate of drug-likeness (QED) is 0.842. The first-order chi connectivity index (χ1) is 9.81. The Balaban J connectivity index is 1.97. The molecule has 0 radical (unpaired) electrons. The normalized spacial score (nSPS) is 27.6. The van der Waals surface area contributed by atoms with E-state index in [2.05, 4.69) is 35.3 Å². The molecule has 0 amide bonds. The molecular formula is C18H17NO. The molecule has 2 nitrogen and oxygen atoms in total. The van der Waals surface area contributed by atoms with Gasteiger partial charge in [-0.2, -0.15) is 0 Å². The first-order valence-electron chi connectivity index (χ1n) is 7.22. The van der Waals surface area contributed by atoms with E-state index >= 15 is 0 Å². The van der Waals surface area contributed by atoms with Gasteiger partial charge in [-0.15, -0.1) is 0 Å². The first-order valence-corrected chi connectivity index (χ1v) is 7.22. The lowest BCUT2D eigenvalue weighted by atomic mass is 9.78. The van der Waals surface area contributed by atoms with E-state index in [1.165, 1.54) is 11.1 Å². The van der Waals surface area contributed by atoms with Gasteiger partial charge in [0.25, 0.3) is 0 Å². The van der Waals surface area contributed by atoms with E-state index in [4.69, 9.17) is 0 Å². The van der Waals surface area contributed by atoms with Crippen LogP contribution in [-0.4, -0.2) is 23.0 Å². The summed E-state index contributed by atoms with van der Waals surface area (Å²) in [5.74, 6) is 0.0129. The van der Waals surface area contributed by atoms with E-state index in [9.17, 15) is 5.11 Å². The Kier molecular flexibility index (Phi) is 2.54. The number of hydrogen-bond acceptors (Lipinski definition) is 2. The molecule has 4 rings (SSSR count). The molecule has 0 bridgehead atoms. The third-order valence-electron chi connectivity index (χ3n) is 4.53. The van der Waals surface area contributed by atoms with Gasteiger partial charge in [0, 0.05) is 18.0 Å². The maximum atomic E-state index is 11.3. The highest BCUT2D eigenvalue weighted by atomic mass is 16.3. The fourth-order valence-corrected chi connectivity index (χ4v) is 3.72. The minimum Gasteiger partial charge on any atom is -0.383 e. The van der Waals surface area contributed by atoms with Crippen LogP contribution in [0.5, 0.6) is 0 Å². The summed E-state index contributed by atoms with van der Waals surface area (Å²) in [7, 11) is 0. The van der Waals surface area contributed by atoms with Gasteiger partial charge in [0.15, 0.2) is 0 Å². The molecule has 100 valence electrons. The summed E-state index contributed by atoms with van der Waals surface area (Å²) in [6, 6.07) is 18.6. The zero-order valence-corrected chi connectivity index (χ0v) is 11.3. The highest BCUT2D eigenvalue weighted by Crippen LogP contribution is 2.48. The number of aliphatic hydroxyl groups is 1. The van der Waals surface area contributed by atoms with Crippen LogP contribution in [0.25, 0.3) is 0 Å². The first kappa shape index (κ1) is 11.9. The van der Waals surface area contributed by atoms with Crippen molar-refractivity contribution in [3.63, 3.8) is 0 Å². The van der Waals surface area contributed by atoms with Gasteiger partial charge in [-0.25, -0.2) is 0 Å². The molecule has 0 spiro atoms. The fourth-order valence-electron chi connectivity index (χ4n) is 3.72. The minimum absolute atomic E-state index is 0.0129. The number of aliphatic imine (C=N–C) groups is 1. The van der Waals surface area contributed by atoms with Gasteiger partial charge in [0.1, 0.15) is 5.60 Å². The highest BCUT2D eigenvalue weighted by Gasteiger charge is 2.51. The largest absolute Gasteiger partial charge is 0.383 e. The average molecular weight is 263 g/mol. The predicted octanol–water partition coefficient (Wildman–Crippen LogP) is 3.15. The molecular weight excluding hydrogens is 246 g/mol. The monoisotopic (exact) mass is 263 g/mol. The van der Waals surface area contributed by atoms with E-state index in [1.54, 1.807) is 0 Å². The molecule has 2 aliphatic rings. The zero-order valence-electron chi connectivity index (χ0n) is 11.3. The Labute approximate surface area is 118 Å². The Morgan fingerprint density at radius 3 is 2.60 bits per heavy atom. The summed E-state index contributed by atoms with van der Waals surface area (Å²) >= 11 is 0. The van der Waals surface area contributed by atoms with E-state index in [-0.39, 0.29) is 5.92 Å². The summed E-state index contributed by atoms with van der Waals surface area (Å²) in [5.41, 5.74) is 3.58. The van der Waals surface area contributed by atoms with Crippen molar-refractivity contribution in [2.45, 2.75) is 24.4 Å². The zero-order chi connectivity index (χ0) is 13.6. The van der Waals surface area contributed by atoms with Gasteiger partial charge in [-0.1, -0.05) is 54.6 Å². The molecule has 2 atom stereocenters. The van der Waals surface area contributed by atoms with Gasteiger partial charge in [-0.05, 0) is 24.0 Å². The molecule has 2 aromatic carbocycles. The summed E-state index contributed by atoms with van der Waals surface area (Å²) < 4.78 is 0. The Hall–Kier alpha value is -1.93. The van der Waals surface area contributed by atoms with Crippen LogP contribution < -0.4 is 0 Å². The Bertz CT molecular complexity index is 677. The average Bonchev–Trinajstić information content (AvgIpc) is 2.76. The van der Waals surface area contributed by atoms with Crippen molar-refractivity contribution in [3.8, 4) is 0 Å². The SMILES string of the molecule is O[C@@]12CCCN=C1c1ccccc1[C@@H]2c1ccccc1. The van der Waals surface area contributed by atoms with Gasteiger partial charge in [-0.3, -0.25) is 4.99 Å². The molecule has 20 heavy (non-hydrogen) atoms. The van der Waals surface area contributed by atoms with E-state index in [1.807, 2.05) is 24.3 Å². The van der Waals surface area contributed by atoms with Crippen molar-refractivity contribution in [1.29, 1.82) is 0 Å². The molecule has 1 aliphatic heterocycles. The van der Waals surface area contributed by atoms with E-state index in [0.717, 1.165) is 30.7 Å². The third-order valence-corrected chi connectivity index (χ3v) is 4.53. The van der Waals surface area contributed by atoms with Crippen molar-refractivity contribution in [2.24, 2.45) is 4.99 Å². The maximum absolute atomic E-state index is 11.3. The minimum atomic E-state index is -0.830. The molecule has 1 heterocycles. The predicted molar refractivity (Wildman–Crippen MR) is 80.3 cm³/mol. The van der Waals surface area contributed by atoms with E-state index < -0.39 is 5.60 Å². The van der Waals surface area contributed by atoms with Crippen LogP contribution in [0.15, 0.2) is 59.6 Å². The van der Waals surface area contributed by atoms with Crippen molar-refractivity contribution in [3.05, 3.63) is 71.3 Å². The van der Waals surface area contributed by atoms with Crippen LogP contribution in [0, 0.1) is 0 Å². The van der Waals surface area contributed by atoms with Crippen molar-refractivity contribution in [1.82, 2.24) is 0 Å². The third kappa shape index (κ3) is 1.52. The van der Waals surface area contributed by atoms with Crippen LogP contribution >= 0.6 is 0 Å². The molecule has 2 heteroatoms. The van der Waals surface area contributed by atoms with Gasteiger partial charge in [0.2, 0.25) is 0 Å². The highest BCUT2D eigenvalue weighted by molar-refractivity contribution is 6.12. The van der Waals surface area contributed by atoms with Gasteiger partial charge >= 0.3 is 0 Å². The van der Waals surface area contributed by atoms with Crippen LogP contribution in [0.1, 0.15) is 35.4 Å². The Morgan fingerprint density at radius 2 is 1.75 bits per heavy atom. The topological polar surface area (TPSA) is 32.6 Å². The second-order valence-corrected chi connectivity index (χ2v) is 5.69. The number of benzene rings is 2.